The van der Waals surface area contributed by atoms with Crippen LogP contribution in [0.1, 0.15) is 16.9 Å². The van der Waals surface area contributed by atoms with Crippen LogP contribution in [0, 0.1) is 0 Å². The second kappa shape index (κ2) is 9.43. The van der Waals surface area contributed by atoms with Crippen molar-refractivity contribution in [1.29, 1.82) is 0 Å². The third-order valence-electron chi connectivity index (χ3n) is 4.05. The predicted molar refractivity (Wildman–Crippen MR) is 113 cm³/mol. The van der Waals surface area contributed by atoms with Crippen molar-refractivity contribution in [2.24, 2.45) is 0 Å². The number of carbonyl (C=O) groups excluding carboxylic acids is 1. The van der Waals surface area contributed by atoms with Gasteiger partial charge in [0, 0.05) is 25.8 Å². The molecule has 1 N–H and O–H groups in total. The molecule has 1 heterocycles. The molecule has 0 saturated heterocycles. The van der Waals surface area contributed by atoms with E-state index in [2.05, 4.69) is 10.4 Å². The Morgan fingerprint density at radius 1 is 1.07 bits per heavy atom. The van der Waals surface area contributed by atoms with Crippen molar-refractivity contribution in [1.82, 2.24) is 15.1 Å². The largest absolute Gasteiger partial charge is 0.385 e. The molecule has 5 nitrogen and oxygen atoms in total. The Morgan fingerprint density at radius 2 is 1.86 bits per heavy atom. The van der Waals surface area contributed by atoms with Crippen molar-refractivity contribution in [3.8, 4) is 16.9 Å². The van der Waals surface area contributed by atoms with Crippen LogP contribution in [-0.2, 0) is 4.74 Å². The lowest BCUT2D eigenvalue weighted by Crippen LogP contribution is -2.27. The average Bonchev–Trinajstić information content (AvgIpc) is 3.13. The van der Waals surface area contributed by atoms with Gasteiger partial charge >= 0.3 is 0 Å². The van der Waals surface area contributed by atoms with Crippen LogP contribution in [0.3, 0.4) is 0 Å². The molecular weight excluding hydrogens is 421 g/mol. The van der Waals surface area contributed by atoms with Crippen molar-refractivity contribution in [2.75, 3.05) is 20.3 Å². The molecule has 0 fully saturated rings. The summed E-state index contributed by atoms with van der Waals surface area (Å²) in [7, 11) is 1.62. The predicted octanol–water partition coefficient (Wildman–Crippen LogP) is 5.27. The summed E-state index contributed by atoms with van der Waals surface area (Å²) in [5.41, 5.74) is 2.30. The molecular formula is C20H18Cl3N3O2. The van der Waals surface area contributed by atoms with E-state index < -0.39 is 0 Å². The number of ether oxygens (including phenoxy) is 1. The van der Waals surface area contributed by atoms with Gasteiger partial charge in [0.05, 0.1) is 26.4 Å². The van der Waals surface area contributed by atoms with Crippen LogP contribution in [0.25, 0.3) is 16.9 Å². The van der Waals surface area contributed by atoms with Gasteiger partial charge in [-0.25, -0.2) is 4.68 Å². The number of aromatic nitrogens is 2. The minimum absolute atomic E-state index is 0.257. The maximum Gasteiger partial charge on any atom is 0.270 e. The summed E-state index contributed by atoms with van der Waals surface area (Å²) in [5.74, 6) is -0.257. The van der Waals surface area contributed by atoms with Crippen molar-refractivity contribution in [3.05, 3.63) is 69.3 Å². The molecule has 3 aromatic rings. The molecule has 0 aliphatic heterocycles. The zero-order chi connectivity index (χ0) is 20.1. The molecule has 28 heavy (non-hydrogen) atoms. The topological polar surface area (TPSA) is 56.1 Å². The van der Waals surface area contributed by atoms with E-state index in [4.69, 9.17) is 39.5 Å². The molecule has 0 aliphatic carbocycles. The molecule has 0 saturated carbocycles. The first-order valence-corrected chi connectivity index (χ1v) is 9.72. The molecule has 1 aromatic heterocycles. The number of carbonyl (C=O) groups is 1. The molecule has 3 rings (SSSR count). The van der Waals surface area contributed by atoms with E-state index in [0.29, 0.717) is 51.7 Å². The van der Waals surface area contributed by atoms with E-state index in [-0.39, 0.29) is 5.91 Å². The fourth-order valence-electron chi connectivity index (χ4n) is 2.67. The van der Waals surface area contributed by atoms with Crippen LogP contribution in [-0.4, -0.2) is 35.9 Å². The SMILES string of the molecule is COCCCNC(=O)c1cc(-c2ccccc2Cl)nn1-c1ccc(Cl)c(Cl)c1. The van der Waals surface area contributed by atoms with Gasteiger partial charge in [-0.05, 0) is 36.8 Å². The molecule has 8 heteroatoms. The monoisotopic (exact) mass is 437 g/mol. The molecule has 0 atom stereocenters. The number of hydrogen-bond acceptors (Lipinski definition) is 3. The molecule has 0 bridgehead atoms. The van der Waals surface area contributed by atoms with E-state index in [1.54, 1.807) is 37.4 Å². The Labute approximate surface area is 178 Å². The molecule has 2 aromatic carbocycles. The normalized spacial score (nSPS) is 10.9. The first kappa shape index (κ1) is 20.7. The fraction of sp³-hybridized carbons (Fsp3) is 0.200. The van der Waals surface area contributed by atoms with Crippen molar-refractivity contribution in [3.63, 3.8) is 0 Å². The smallest absolute Gasteiger partial charge is 0.270 e. The molecule has 0 radical (unpaired) electrons. The molecule has 146 valence electrons. The number of halogens is 3. The summed E-state index contributed by atoms with van der Waals surface area (Å²) in [6, 6.07) is 14.1. The van der Waals surface area contributed by atoms with Gasteiger partial charge < -0.3 is 10.1 Å². The summed E-state index contributed by atoms with van der Waals surface area (Å²) in [6.07, 6.45) is 0.709. The zero-order valence-electron chi connectivity index (χ0n) is 15.1. The second-order valence-corrected chi connectivity index (χ2v) is 7.23. The van der Waals surface area contributed by atoms with Gasteiger partial charge in [0.25, 0.3) is 5.91 Å². The van der Waals surface area contributed by atoms with Gasteiger partial charge in [-0.3, -0.25) is 4.79 Å². The molecule has 0 aliphatic rings. The Bertz CT molecular complexity index is 989. The van der Waals surface area contributed by atoms with Gasteiger partial charge in [-0.1, -0.05) is 53.0 Å². The minimum atomic E-state index is -0.257. The third-order valence-corrected chi connectivity index (χ3v) is 5.12. The van der Waals surface area contributed by atoms with E-state index in [0.717, 1.165) is 5.56 Å². The van der Waals surface area contributed by atoms with Gasteiger partial charge in [-0.15, -0.1) is 0 Å². The number of hydrogen-bond donors (Lipinski definition) is 1. The van der Waals surface area contributed by atoms with Crippen molar-refractivity contribution >= 4 is 40.7 Å². The Balaban J connectivity index is 2.01. The number of nitrogens with zero attached hydrogens (tertiary/aromatic N) is 2. The van der Waals surface area contributed by atoms with Crippen LogP contribution in [0.2, 0.25) is 15.1 Å². The average molecular weight is 439 g/mol. The molecule has 1 amide bonds. The second-order valence-electron chi connectivity index (χ2n) is 6.01. The third kappa shape index (κ3) is 4.67. The minimum Gasteiger partial charge on any atom is -0.385 e. The summed E-state index contributed by atoms with van der Waals surface area (Å²) < 4.78 is 6.55. The highest BCUT2D eigenvalue weighted by Crippen LogP contribution is 2.30. The van der Waals surface area contributed by atoms with Crippen LogP contribution in [0.15, 0.2) is 48.5 Å². The standard InChI is InChI=1S/C20H18Cl3N3O2/c1-28-10-4-9-24-20(27)19-12-18(14-5-2-3-6-15(14)21)25-26(19)13-7-8-16(22)17(23)11-13/h2-3,5-8,11-12H,4,9-10H2,1H3,(H,24,27). The zero-order valence-corrected chi connectivity index (χ0v) is 17.4. The fourth-order valence-corrected chi connectivity index (χ4v) is 3.19. The maximum atomic E-state index is 12.8. The highest BCUT2D eigenvalue weighted by atomic mass is 35.5. The molecule has 0 unspecified atom stereocenters. The first-order valence-electron chi connectivity index (χ1n) is 8.59. The maximum absolute atomic E-state index is 12.8. The highest BCUT2D eigenvalue weighted by molar-refractivity contribution is 6.42. The number of nitrogens with one attached hydrogen (secondary N) is 1. The van der Waals surface area contributed by atoms with Crippen molar-refractivity contribution < 1.29 is 9.53 Å². The van der Waals surface area contributed by atoms with Crippen LogP contribution >= 0.6 is 34.8 Å². The van der Waals surface area contributed by atoms with Crippen LogP contribution < -0.4 is 5.32 Å². The van der Waals surface area contributed by atoms with E-state index >= 15 is 0 Å². The van der Waals surface area contributed by atoms with Crippen LogP contribution in [0.5, 0.6) is 0 Å². The quantitative estimate of drug-likeness (QED) is 0.512. The Morgan fingerprint density at radius 3 is 2.57 bits per heavy atom. The van der Waals surface area contributed by atoms with Crippen LogP contribution in [0.4, 0.5) is 0 Å². The van der Waals surface area contributed by atoms with Gasteiger partial charge in [0.15, 0.2) is 0 Å². The highest BCUT2D eigenvalue weighted by Gasteiger charge is 2.19. The lowest BCUT2D eigenvalue weighted by Gasteiger charge is -2.09. The van der Waals surface area contributed by atoms with Crippen molar-refractivity contribution in [2.45, 2.75) is 6.42 Å². The summed E-state index contributed by atoms with van der Waals surface area (Å²) in [5, 5.41) is 8.82. The Kier molecular flexibility index (Phi) is 6.97. The summed E-state index contributed by atoms with van der Waals surface area (Å²) in [4.78, 5) is 12.8. The van der Waals surface area contributed by atoms with Gasteiger partial charge in [0.2, 0.25) is 0 Å². The summed E-state index contributed by atoms with van der Waals surface area (Å²) >= 11 is 18.5. The first-order chi connectivity index (χ1) is 13.5. The number of benzene rings is 2. The van der Waals surface area contributed by atoms with Gasteiger partial charge in [-0.2, -0.15) is 5.10 Å². The van der Waals surface area contributed by atoms with E-state index in [9.17, 15) is 4.79 Å². The van der Waals surface area contributed by atoms with E-state index in [1.165, 1.54) is 4.68 Å². The Hall–Kier alpha value is -2.05. The number of rotatable bonds is 7. The molecule has 0 spiro atoms. The lowest BCUT2D eigenvalue weighted by atomic mass is 10.1. The number of amides is 1. The summed E-state index contributed by atoms with van der Waals surface area (Å²) in [6.45, 7) is 1.05. The number of methoxy groups -OCH3 is 1. The lowest BCUT2D eigenvalue weighted by molar-refractivity contribution is 0.0941. The van der Waals surface area contributed by atoms with E-state index in [1.807, 2.05) is 18.2 Å². The van der Waals surface area contributed by atoms with Gasteiger partial charge in [0.1, 0.15) is 5.69 Å².